The van der Waals surface area contributed by atoms with Gasteiger partial charge in [-0.05, 0) is 56.4 Å². The van der Waals surface area contributed by atoms with Crippen molar-refractivity contribution in [3.05, 3.63) is 35.4 Å². The van der Waals surface area contributed by atoms with Gasteiger partial charge in [0.05, 0.1) is 6.04 Å². The molecule has 1 aromatic carbocycles. The molecule has 1 amide bonds. The molecular formula is C20H31N3O. The van der Waals surface area contributed by atoms with Gasteiger partial charge in [-0.2, -0.15) is 0 Å². The Morgan fingerprint density at radius 1 is 1.04 bits per heavy atom. The highest BCUT2D eigenvalue weighted by molar-refractivity contribution is 5.81. The molecule has 2 aliphatic rings. The van der Waals surface area contributed by atoms with Gasteiger partial charge in [-0.3, -0.25) is 9.69 Å². The maximum absolute atomic E-state index is 12.3. The highest BCUT2D eigenvalue weighted by Crippen LogP contribution is 2.16. The smallest absolute Gasteiger partial charge is 0.237 e. The zero-order valence-corrected chi connectivity index (χ0v) is 14.7. The van der Waals surface area contributed by atoms with Gasteiger partial charge in [0.2, 0.25) is 5.91 Å². The zero-order valence-electron chi connectivity index (χ0n) is 14.7. The highest BCUT2D eigenvalue weighted by atomic mass is 16.2. The number of carbonyl (C=O) groups is 1. The van der Waals surface area contributed by atoms with Crippen LogP contribution in [0.1, 0.15) is 56.1 Å². The lowest BCUT2D eigenvalue weighted by molar-refractivity contribution is -0.123. The van der Waals surface area contributed by atoms with Gasteiger partial charge < -0.3 is 10.6 Å². The summed E-state index contributed by atoms with van der Waals surface area (Å²) in [6, 6.07) is 8.55. The van der Waals surface area contributed by atoms with Gasteiger partial charge in [0.1, 0.15) is 0 Å². The van der Waals surface area contributed by atoms with Crippen LogP contribution in [0.2, 0.25) is 0 Å². The van der Waals surface area contributed by atoms with E-state index in [1.807, 2.05) is 0 Å². The van der Waals surface area contributed by atoms with Crippen molar-refractivity contribution in [2.24, 2.45) is 0 Å². The monoisotopic (exact) mass is 329 g/mol. The first-order valence-electron chi connectivity index (χ1n) is 9.63. The van der Waals surface area contributed by atoms with Crippen molar-refractivity contribution in [3.8, 4) is 0 Å². The summed E-state index contributed by atoms with van der Waals surface area (Å²) in [5, 5.41) is 6.46. The number of nitrogens with one attached hydrogen (secondary N) is 2. The first-order chi connectivity index (χ1) is 11.8. The molecule has 132 valence electrons. The zero-order chi connectivity index (χ0) is 16.6. The van der Waals surface area contributed by atoms with Crippen molar-refractivity contribution < 1.29 is 4.79 Å². The molecule has 0 radical (unpaired) electrons. The number of nitrogens with zero attached hydrogens (tertiary/aromatic N) is 1. The third kappa shape index (κ3) is 5.05. The minimum absolute atomic E-state index is 0.00322. The van der Waals surface area contributed by atoms with E-state index < -0.39 is 0 Å². The number of benzene rings is 1. The predicted molar refractivity (Wildman–Crippen MR) is 97.7 cm³/mol. The average Bonchev–Trinajstić information content (AvgIpc) is 2.90. The van der Waals surface area contributed by atoms with Crippen LogP contribution in [0.4, 0.5) is 0 Å². The summed E-state index contributed by atoms with van der Waals surface area (Å²) in [5.41, 5.74) is 2.61. The Morgan fingerprint density at radius 3 is 2.50 bits per heavy atom. The molecule has 3 rings (SSSR count). The maximum atomic E-state index is 12.3. The Hall–Kier alpha value is -1.39. The highest BCUT2D eigenvalue weighted by Gasteiger charge is 2.20. The largest absolute Gasteiger partial charge is 0.351 e. The van der Waals surface area contributed by atoms with E-state index in [9.17, 15) is 4.79 Å². The number of likely N-dealkylation sites (tertiary alicyclic amines) is 1. The fourth-order valence-electron chi connectivity index (χ4n) is 3.80. The molecule has 2 aliphatic heterocycles. The lowest BCUT2D eigenvalue weighted by Crippen LogP contribution is -2.46. The molecular weight excluding hydrogens is 298 g/mol. The molecule has 0 unspecified atom stereocenters. The van der Waals surface area contributed by atoms with Crippen molar-refractivity contribution in [2.45, 2.75) is 64.1 Å². The van der Waals surface area contributed by atoms with E-state index in [2.05, 4.69) is 39.8 Å². The molecule has 4 nitrogen and oxygen atoms in total. The van der Waals surface area contributed by atoms with Gasteiger partial charge in [0.25, 0.3) is 0 Å². The molecule has 0 spiro atoms. The third-order valence-corrected chi connectivity index (χ3v) is 5.29. The first-order valence-corrected chi connectivity index (χ1v) is 9.63. The van der Waals surface area contributed by atoms with Crippen LogP contribution >= 0.6 is 0 Å². The average molecular weight is 329 g/mol. The van der Waals surface area contributed by atoms with Crippen LogP contribution in [0, 0.1) is 0 Å². The summed E-state index contributed by atoms with van der Waals surface area (Å²) in [4.78, 5) is 14.9. The molecule has 2 heterocycles. The number of carbonyl (C=O) groups excluding carboxylic acids is 1. The summed E-state index contributed by atoms with van der Waals surface area (Å²) in [7, 11) is 0. The topological polar surface area (TPSA) is 44.4 Å². The molecule has 4 heteroatoms. The minimum Gasteiger partial charge on any atom is -0.351 e. The van der Waals surface area contributed by atoms with Crippen LogP contribution in [-0.4, -0.2) is 36.5 Å². The third-order valence-electron chi connectivity index (χ3n) is 5.29. The lowest BCUT2D eigenvalue weighted by Gasteiger charge is -2.24. The second kappa shape index (κ2) is 9.19. The van der Waals surface area contributed by atoms with Gasteiger partial charge in [-0.1, -0.05) is 43.5 Å². The number of rotatable bonds is 5. The predicted octanol–water partition coefficient (Wildman–Crippen LogP) is 2.82. The van der Waals surface area contributed by atoms with Crippen molar-refractivity contribution in [1.29, 1.82) is 0 Å². The quantitative estimate of drug-likeness (QED) is 0.873. The molecule has 0 aliphatic carbocycles. The summed E-state index contributed by atoms with van der Waals surface area (Å²) >= 11 is 0. The van der Waals surface area contributed by atoms with E-state index >= 15 is 0 Å². The summed E-state index contributed by atoms with van der Waals surface area (Å²) < 4.78 is 0. The normalized spacial score (nSPS) is 22.8. The fourth-order valence-corrected chi connectivity index (χ4v) is 3.80. The standard InChI is InChI=1S/C20H31N3O/c24-20(19-11-5-6-12-21-19)22-15-17-9-3-4-10-18(17)16-23-13-7-1-2-8-14-23/h3-4,9-10,19,21H,1-2,5-8,11-16H2,(H,22,24)/t19-/m1/s1. The Labute approximate surface area is 146 Å². The van der Waals surface area contributed by atoms with Gasteiger partial charge in [0, 0.05) is 13.1 Å². The van der Waals surface area contributed by atoms with E-state index in [0.717, 1.165) is 25.9 Å². The van der Waals surface area contributed by atoms with Crippen LogP contribution in [0.5, 0.6) is 0 Å². The Balaban J connectivity index is 1.56. The minimum atomic E-state index is -0.00322. The Morgan fingerprint density at radius 2 is 1.79 bits per heavy atom. The van der Waals surface area contributed by atoms with Crippen LogP contribution in [0.3, 0.4) is 0 Å². The number of hydrogen-bond donors (Lipinski definition) is 2. The second-order valence-corrected chi connectivity index (χ2v) is 7.18. The summed E-state index contributed by atoms with van der Waals surface area (Å²) in [5.74, 6) is 0.152. The molecule has 2 saturated heterocycles. The summed E-state index contributed by atoms with van der Waals surface area (Å²) in [6.45, 7) is 5.01. The maximum Gasteiger partial charge on any atom is 0.237 e. The van der Waals surface area contributed by atoms with E-state index in [-0.39, 0.29) is 11.9 Å². The Kier molecular flexibility index (Phi) is 6.67. The molecule has 0 aromatic heterocycles. The molecule has 0 bridgehead atoms. The van der Waals surface area contributed by atoms with Crippen molar-refractivity contribution in [1.82, 2.24) is 15.5 Å². The van der Waals surface area contributed by atoms with Crippen LogP contribution in [0.25, 0.3) is 0 Å². The Bertz CT molecular complexity index is 517. The fraction of sp³-hybridized carbons (Fsp3) is 0.650. The van der Waals surface area contributed by atoms with Gasteiger partial charge in [0.15, 0.2) is 0 Å². The van der Waals surface area contributed by atoms with Gasteiger partial charge in [-0.15, -0.1) is 0 Å². The van der Waals surface area contributed by atoms with Crippen molar-refractivity contribution in [2.75, 3.05) is 19.6 Å². The molecule has 1 aromatic rings. The first kappa shape index (κ1) is 17.4. The van der Waals surface area contributed by atoms with Gasteiger partial charge in [-0.25, -0.2) is 0 Å². The van der Waals surface area contributed by atoms with Crippen LogP contribution in [0.15, 0.2) is 24.3 Å². The van der Waals surface area contributed by atoms with E-state index in [4.69, 9.17) is 0 Å². The SMILES string of the molecule is O=C(NCc1ccccc1CN1CCCCCC1)[C@H]1CCCCN1. The second-order valence-electron chi connectivity index (χ2n) is 7.18. The molecule has 1 atom stereocenters. The lowest BCUT2D eigenvalue weighted by atomic mass is 10.0. The number of amides is 1. The summed E-state index contributed by atoms with van der Waals surface area (Å²) in [6.07, 6.45) is 8.64. The van der Waals surface area contributed by atoms with E-state index in [0.29, 0.717) is 6.54 Å². The molecule has 2 N–H and O–H groups in total. The molecule has 0 saturated carbocycles. The molecule has 2 fully saturated rings. The van der Waals surface area contributed by atoms with Crippen molar-refractivity contribution in [3.63, 3.8) is 0 Å². The number of hydrogen-bond acceptors (Lipinski definition) is 3. The number of piperidine rings is 1. The van der Waals surface area contributed by atoms with Crippen LogP contribution < -0.4 is 10.6 Å². The van der Waals surface area contributed by atoms with E-state index in [1.165, 1.54) is 56.3 Å². The van der Waals surface area contributed by atoms with E-state index in [1.54, 1.807) is 0 Å². The van der Waals surface area contributed by atoms with Crippen LogP contribution in [-0.2, 0) is 17.9 Å². The van der Waals surface area contributed by atoms with Gasteiger partial charge >= 0.3 is 0 Å². The molecule has 24 heavy (non-hydrogen) atoms. The van der Waals surface area contributed by atoms with Crippen molar-refractivity contribution >= 4 is 5.91 Å².